The van der Waals surface area contributed by atoms with Crippen LogP contribution in [0.1, 0.15) is 18.4 Å². The van der Waals surface area contributed by atoms with E-state index in [-0.39, 0.29) is 45.7 Å². The van der Waals surface area contributed by atoms with E-state index in [4.69, 9.17) is 39.3 Å². The smallest absolute Gasteiger partial charge is 0.261 e. The molecule has 1 saturated heterocycles. The number of hydrogen-bond acceptors (Lipinski definition) is 6. The van der Waals surface area contributed by atoms with Crippen LogP contribution in [0.25, 0.3) is 22.4 Å². The molecule has 7 nitrogen and oxygen atoms in total. The van der Waals surface area contributed by atoms with Gasteiger partial charge in [0, 0.05) is 24.7 Å². The minimum absolute atomic E-state index is 0.0200. The molecule has 12 heteroatoms. The standard InChI is InChI=1S/C24H20B3F2N5O2/c1-36-19-5-4-13(10-18(19)29)20-21(14-2-3-15(12-30)17(28)11-14)32-23(33-8-6-16(31)7-9-33)34(22(20)35)24(25,26)27/h2-5,10-11,16H,6-9,31H2,1H3. The maximum atomic E-state index is 14.7. The molecule has 0 aliphatic carbocycles. The van der Waals surface area contributed by atoms with Gasteiger partial charge < -0.3 is 15.4 Å². The number of nitrogens with zero attached hydrogens (tertiary/aromatic N) is 4. The number of ether oxygens (including phenoxy) is 1. The average Bonchev–Trinajstić information content (AvgIpc) is 2.83. The number of piperidine rings is 1. The maximum absolute atomic E-state index is 14.7. The summed E-state index contributed by atoms with van der Waals surface area (Å²) in [6.45, 7) is 0.892. The normalized spacial score (nSPS) is 14.5. The quantitative estimate of drug-likeness (QED) is 0.559. The lowest BCUT2D eigenvalue weighted by Crippen LogP contribution is -2.49. The Morgan fingerprint density at radius 1 is 1.11 bits per heavy atom. The van der Waals surface area contributed by atoms with Gasteiger partial charge in [-0.15, -0.1) is 0 Å². The summed E-state index contributed by atoms with van der Waals surface area (Å²) in [4.78, 5) is 20.4. The lowest BCUT2D eigenvalue weighted by Gasteiger charge is -2.37. The molecule has 4 rings (SSSR count). The molecule has 0 saturated carbocycles. The number of halogens is 2. The number of anilines is 1. The minimum atomic E-state index is -2.16. The number of nitriles is 1. The van der Waals surface area contributed by atoms with E-state index >= 15 is 0 Å². The predicted molar refractivity (Wildman–Crippen MR) is 135 cm³/mol. The van der Waals surface area contributed by atoms with Crippen molar-refractivity contribution in [3.63, 3.8) is 0 Å². The van der Waals surface area contributed by atoms with Crippen molar-refractivity contribution < 1.29 is 13.5 Å². The van der Waals surface area contributed by atoms with Crippen LogP contribution in [0.15, 0.2) is 41.2 Å². The molecule has 36 heavy (non-hydrogen) atoms. The van der Waals surface area contributed by atoms with E-state index in [1.807, 2.05) is 0 Å². The van der Waals surface area contributed by atoms with Crippen molar-refractivity contribution in [1.29, 1.82) is 5.26 Å². The first kappa shape index (κ1) is 25.5. The summed E-state index contributed by atoms with van der Waals surface area (Å²) in [7, 11) is 19.3. The molecule has 0 spiro atoms. The fourth-order valence-electron chi connectivity index (χ4n) is 4.21. The molecule has 2 N–H and O–H groups in total. The number of nitrogens with two attached hydrogens (primary N) is 1. The van der Waals surface area contributed by atoms with Crippen molar-refractivity contribution in [2.24, 2.45) is 5.73 Å². The molecule has 1 aliphatic rings. The number of hydrogen-bond donors (Lipinski definition) is 1. The highest BCUT2D eigenvalue weighted by Gasteiger charge is 2.29. The molecule has 2 heterocycles. The Morgan fingerprint density at radius 2 is 1.75 bits per heavy atom. The zero-order valence-corrected chi connectivity index (χ0v) is 19.5. The summed E-state index contributed by atoms with van der Waals surface area (Å²) in [5.74, 6) is -1.50. The fourth-order valence-corrected chi connectivity index (χ4v) is 4.21. The van der Waals surface area contributed by atoms with Crippen LogP contribution in [0.2, 0.25) is 0 Å². The number of methoxy groups -OCH3 is 1. The molecule has 0 atom stereocenters. The highest BCUT2D eigenvalue weighted by atomic mass is 19.1. The molecule has 1 aliphatic heterocycles. The lowest BCUT2D eigenvalue weighted by molar-refractivity contribution is 0.386. The van der Waals surface area contributed by atoms with Crippen LogP contribution in [0.4, 0.5) is 14.7 Å². The van der Waals surface area contributed by atoms with Gasteiger partial charge in [0.15, 0.2) is 11.6 Å². The third kappa shape index (κ3) is 4.76. The van der Waals surface area contributed by atoms with Gasteiger partial charge in [-0.25, -0.2) is 13.8 Å². The van der Waals surface area contributed by atoms with Crippen molar-refractivity contribution in [2.45, 2.75) is 24.1 Å². The molecule has 3 aromatic rings. The Balaban J connectivity index is 2.06. The SMILES string of the molecule is [B]C([B])([B])n1c(N2CCC(N)CC2)nc(-c2ccc(C#N)c(F)c2)c(-c2ccc(OC)c(F)c2)c1=O. The third-order valence-corrected chi connectivity index (χ3v) is 6.08. The van der Waals surface area contributed by atoms with Gasteiger partial charge in [0.2, 0.25) is 5.95 Å². The van der Waals surface area contributed by atoms with E-state index in [0.717, 1.165) is 16.7 Å². The molecule has 6 radical (unpaired) electrons. The van der Waals surface area contributed by atoms with Gasteiger partial charge in [-0.2, -0.15) is 5.26 Å². The number of aromatic nitrogens is 2. The third-order valence-electron chi connectivity index (χ3n) is 6.08. The van der Waals surface area contributed by atoms with E-state index in [9.17, 15) is 13.6 Å². The zero-order chi connectivity index (χ0) is 26.2. The van der Waals surface area contributed by atoms with Crippen molar-refractivity contribution in [3.05, 3.63) is 63.9 Å². The van der Waals surface area contributed by atoms with Gasteiger partial charge in [0.05, 0.1) is 47.5 Å². The van der Waals surface area contributed by atoms with E-state index in [2.05, 4.69) is 4.98 Å². The van der Waals surface area contributed by atoms with Crippen LogP contribution in [-0.2, 0) is 5.24 Å². The molecule has 0 unspecified atom stereocenters. The first-order valence-electron chi connectivity index (χ1n) is 11.1. The number of rotatable bonds is 5. The Bertz CT molecular complexity index is 1410. The average molecular weight is 481 g/mol. The van der Waals surface area contributed by atoms with Gasteiger partial charge in [0.25, 0.3) is 5.56 Å². The molecule has 2 aromatic carbocycles. The van der Waals surface area contributed by atoms with Crippen LogP contribution >= 0.6 is 0 Å². The van der Waals surface area contributed by atoms with Gasteiger partial charge >= 0.3 is 0 Å². The van der Waals surface area contributed by atoms with Gasteiger partial charge in [-0.3, -0.25) is 9.36 Å². The molecule has 1 aromatic heterocycles. The zero-order valence-electron chi connectivity index (χ0n) is 19.5. The molecule has 0 amide bonds. The molecule has 0 bridgehead atoms. The second-order valence-electron chi connectivity index (χ2n) is 8.64. The first-order valence-corrected chi connectivity index (χ1v) is 11.1. The van der Waals surface area contributed by atoms with Crippen LogP contribution in [0.3, 0.4) is 0 Å². The van der Waals surface area contributed by atoms with E-state index in [0.29, 0.717) is 25.9 Å². The second-order valence-corrected chi connectivity index (χ2v) is 8.64. The molecule has 176 valence electrons. The number of benzene rings is 2. The first-order chi connectivity index (χ1) is 17.0. The Labute approximate surface area is 211 Å². The summed E-state index contributed by atoms with van der Waals surface area (Å²) < 4.78 is 35.2. The van der Waals surface area contributed by atoms with Gasteiger partial charge in [0.1, 0.15) is 11.9 Å². The highest BCUT2D eigenvalue weighted by molar-refractivity contribution is 6.56. The van der Waals surface area contributed by atoms with Crippen LogP contribution in [-0.4, -0.2) is 59.3 Å². The van der Waals surface area contributed by atoms with Crippen molar-refractivity contribution in [3.8, 4) is 34.2 Å². The summed E-state index contributed by atoms with van der Waals surface area (Å²) >= 11 is 0. The predicted octanol–water partition coefficient (Wildman–Crippen LogP) is 1.74. The summed E-state index contributed by atoms with van der Waals surface area (Å²) in [5, 5.41) is 6.97. The largest absolute Gasteiger partial charge is 0.494 e. The Kier molecular flexibility index (Phi) is 6.96. The molecular weight excluding hydrogens is 461 g/mol. The molecule has 1 fully saturated rings. The summed E-state index contributed by atoms with van der Waals surface area (Å²) in [5.41, 5.74) is 5.33. The second kappa shape index (κ2) is 9.82. The van der Waals surface area contributed by atoms with E-state index in [1.54, 1.807) is 11.0 Å². The summed E-state index contributed by atoms with van der Waals surface area (Å²) in [6, 6.07) is 9.44. The van der Waals surface area contributed by atoms with Crippen LogP contribution in [0.5, 0.6) is 5.75 Å². The maximum Gasteiger partial charge on any atom is 0.261 e. The van der Waals surface area contributed by atoms with Gasteiger partial charge in [-0.1, -0.05) is 17.4 Å². The van der Waals surface area contributed by atoms with Crippen molar-refractivity contribution in [2.75, 3.05) is 25.1 Å². The van der Waals surface area contributed by atoms with Gasteiger partial charge in [-0.05, 0) is 42.7 Å². The fraction of sp³-hybridized carbons (Fsp3) is 0.292. The topological polar surface area (TPSA) is 97.2 Å². The van der Waals surface area contributed by atoms with E-state index < -0.39 is 22.4 Å². The van der Waals surface area contributed by atoms with Crippen LogP contribution < -0.4 is 20.9 Å². The molecular formula is C24H20B3F2N5O2. The monoisotopic (exact) mass is 481 g/mol. The van der Waals surface area contributed by atoms with E-state index in [1.165, 1.54) is 31.4 Å². The summed E-state index contributed by atoms with van der Waals surface area (Å²) in [6.07, 6.45) is 1.24. The minimum Gasteiger partial charge on any atom is -0.494 e. The van der Waals surface area contributed by atoms with Crippen molar-refractivity contribution in [1.82, 2.24) is 9.55 Å². The lowest BCUT2D eigenvalue weighted by atomic mass is 9.49. The van der Waals surface area contributed by atoms with Crippen LogP contribution in [0, 0.1) is 23.0 Å². The Hall–Kier alpha value is -3.58. The highest BCUT2D eigenvalue weighted by Crippen LogP contribution is 2.34. The Morgan fingerprint density at radius 3 is 2.31 bits per heavy atom. The van der Waals surface area contributed by atoms with Crippen molar-refractivity contribution >= 4 is 29.5 Å².